The first-order valence-corrected chi connectivity index (χ1v) is 12.2. The van der Waals surface area contributed by atoms with Gasteiger partial charge in [-0.2, -0.15) is 5.10 Å². The zero-order valence-electron chi connectivity index (χ0n) is 20.1. The third-order valence-corrected chi connectivity index (χ3v) is 6.67. The largest absolute Gasteiger partial charge is 0.318 e. The second-order valence-electron chi connectivity index (χ2n) is 9.39. The van der Waals surface area contributed by atoms with Crippen LogP contribution in [0.3, 0.4) is 0 Å². The van der Waals surface area contributed by atoms with Crippen LogP contribution in [0.25, 0.3) is 10.5 Å². The zero-order chi connectivity index (χ0) is 25.1. The molecule has 0 radical (unpaired) electrons. The molecule has 1 fully saturated rings. The van der Waals surface area contributed by atoms with Gasteiger partial charge in [0.1, 0.15) is 11.5 Å². The number of anilines is 1. The SMILES string of the molecule is [C-]#[N+]c1cccc(-n2nc(C)cc2C(=O)Nc2cc(C(CCC3CC3)c3ccccc3)ccc2F)c1. The Labute approximate surface area is 210 Å². The highest BCUT2D eigenvalue weighted by molar-refractivity contribution is 6.03. The van der Waals surface area contributed by atoms with Crippen molar-refractivity contribution in [2.75, 3.05) is 5.32 Å². The number of hydrogen-bond acceptors (Lipinski definition) is 2. The van der Waals surface area contributed by atoms with Crippen molar-refractivity contribution < 1.29 is 9.18 Å². The van der Waals surface area contributed by atoms with Crippen LogP contribution in [0.2, 0.25) is 0 Å². The van der Waals surface area contributed by atoms with Gasteiger partial charge in [0, 0.05) is 5.92 Å². The van der Waals surface area contributed by atoms with Gasteiger partial charge < -0.3 is 5.32 Å². The third-order valence-electron chi connectivity index (χ3n) is 6.67. The first kappa shape index (κ1) is 23.5. The Morgan fingerprint density at radius 1 is 1.08 bits per heavy atom. The summed E-state index contributed by atoms with van der Waals surface area (Å²) in [4.78, 5) is 16.8. The average Bonchev–Trinajstić information content (AvgIpc) is 3.65. The fourth-order valence-electron chi connectivity index (χ4n) is 4.61. The molecule has 0 spiro atoms. The highest BCUT2D eigenvalue weighted by Crippen LogP contribution is 2.39. The van der Waals surface area contributed by atoms with Gasteiger partial charge in [-0.3, -0.25) is 4.79 Å². The third kappa shape index (κ3) is 5.21. The summed E-state index contributed by atoms with van der Waals surface area (Å²) in [7, 11) is 0. The maximum atomic E-state index is 14.9. The Hall–Kier alpha value is -4.24. The summed E-state index contributed by atoms with van der Waals surface area (Å²) in [6, 6.07) is 23.8. The predicted octanol–water partition coefficient (Wildman–Crippen LogP) is 7.45. The van der Waals surface area contributed by atoms with Crippen LogP contribution in [0.4, 0.5) is 15.8 Å². The second-order valence-corrected chi connectivity index (χ2v) is 9.39. The van der Waals surface area contributed by atoms with Crippen LogP contribution in [-0.2, 0) is 0 Å². The minimum atomic E-state index is -0.487. The molecule has 36 heavy (non-hydrogen) atoms. The molecule has 1 aliphatic rings. The lowest BCUT2D eigenvalue weighted by Crippen LogP contribution is -2.18. The van der Waals surface area contributed by atoms with Crippen molar-refractivity contribution in [1.82, 2.24) is 9.78 Å². The zero-order valence-corrected chi connectivity index (χ0v) is 20.1. The van der Waals surface area contributed by atoms with Crippen molar-refractivity contribution in [3.05, 3.63) is 119 Å². The number of halogens is 1. The quantitative estimate of drug-likeness (QED) is 0.268. The maximum Gasteiger partial charge on any atom is 0.274 e. The number of amides is 1. The van der Waals surface area contributed by atoms with Gasteiger partial charge in [0.25, 0.3) is 5.91 Å². The predicted molar refractivity (Wildman–Crippen MR) is 139 cm³/mol. The van der Waals surface area contributed by atoms with E-state index in [0.717, 1.165) is 24.3 Å². The summed E-state index contributed by atoms with van der Waals surface area (Å²) in [5.74, 6) is -0.0269. The molecule has 1 unspecified atom stereocenters. The van der Waals surface area contributed by atoms with E-state index >= 15 is 0 Å². The number of carbonyl (C=O) groups is 1. The normalized spacial score (nSPS) is 13.7. The molecule has 1 amide bonds. The molecule has 4 aromatic rings. The summed E-state index contributed by atoms with van der Waals surface area (Å²) in [5.41, 5.74) is 4.28. The number of hydrogen-bond donors (Lipinski definition) is 1. The van der Waals surface area contributed by atoms with Crippen LogP contribution >= 0.6 is 0 Å². The molecule has 180 valence electrons. The number of aryl methyl sites for hydroxylation is 1. The lowest BCUT2D eigenvalue weighted by molar-refractivity contribution is 0.101. The fraction of sp³-hybridized carbons (Fsp3) is 0.233. The summed E-state index contributed by atoms with van der Waals surface area (Å²) < 4.78 is 16.4. The summed E-state index contributed by atoms with van der Waals surface area (Å²) >= 11 is 0. The summed E-state index contributed by atoms with van der Waals surface area (Å²) in [6.07, 6.45) is 4.70. The smallest absolute Gasteiger partial charge is 0.274 e. The molecule has 1 aromatic heterocycles. The van der Waals surface area contributed by atoms with Crippen molar-refractivity contribution in [3.63, 3.8) is 0 Å². The lowest BCUT2D eigenvalue weighted by Gasteiger charge is -2.19. The monoisotopic (exact) mass is 478 g/mol. The average molecular weight is 479 g/mol. The molecule has 1 atom stereocenters. The van der Waals surface area contributed by atoms with Crippen LogP contribution in [0.5, 0.6) is 0 Å². The highest BCUT2D eigenvalue weighted by Gasteiger charge is 2.25. The van der Waals surface area contributed by atoms with Gasteiger partial charge in [-0.05, 0) is 67.1 Å². The molecule has 1 saturated carbocycles. The van der Waals surface area contributed by atoms with E-state index in [9.17, 15) is 9.18 Å². The van der Waals surface area contributed by atoms with Crippen molar-refractivity contribution in [2.45, 2.75) is 38.5 Å². The fourth-order valence-corrected chi connectivity index (χ4v) is 4.61. The van der Waals surface area contributed by atoms with Gasteiger partial charge in [0.2, 0.25) is 0 Å². The Kier molecular flexibility index (Phi) is 6.64. The van der Waals surface area contributed by atoms with E-state index in [4.69, 9.17) is 6.57 Å². The van der Waals surface area contributed by atoms with Gasteiger partial charge in [0.05, 0.1) is 23.6 Å². The molecule has 5 nitrogen and oxygen atoms in total. The molecule has 5 rings (SSSR count). The van der Waals surface area contributed by atoms with Gasteiger partial charge >= 0.3 is 0 Å². The molecule has 1 aliphatic carbocycles. The van der Waals surface area contributed by atoms with E-state index in [1.165, 1.54) is 29.2 Å². The summed E-state index contributed by atoms with van der Waals surface area (Å²) in [6.45, 7) is 9.06. The van der Waals surface area contributed by atoms with Crippen molar-refractivity contribution in [3.8, 4) is 5.69 Å². The Morgan fingerprint density at radius 2 is 1.89 bits per heavy atom. The van der Waals surface area contributed by atoms with Gasteiger partial charge in [-0.25, -0.2) is 13.9 Å². The van der Waals surface area contributed by atoms with Crippen LogP contribution in [-0.4, -0.2) is 15.7 Å². The Balaban J connectivity index is 1.44. The van der Waals surface area contributed by atoms with Gasteiger partial charge in [-0.15, -0.1) is 0 Å². The second kappa shape index (κ2) is 10.2. The maximum absolute atomic E-state index is 14.9. The lowest BCUT2D eigenvalue weighted by atomic mass is 9.86. The van der Waals surface area contributed by atoms with Crippen LogP contribution in [0, 0.1) is 25.2 Å². The minimum absolute atomic E-state index is 0.132. The Bertz CT molecular complexity index is 1430. The van der Waals surface area contributed by atoms with E-state index in [-0.39, 0.29) is 17.3 Å². The number of nitrogens with one attached hydrogen (secondary N) is 1. The van der Waals surface area contributed by atoms with Gasteiger partial charge in [-0.1, -0.05) is 61.4 Å². The molecular weight excluding hydrogens is 451 g/mol. The standard InChI is InChI=1S/C30H27FN4O/c1-20-17-29(35(34-20)25-10-6-9-24(19-25)32-2)30(36)33-28-18-23(14-16-27(28)31)26(15-13-21-11-12-21)22-7-4-3-5-8-22/h3-10,14,16-19,21,26H,11-13,15H2,1H3,(H,33,36). The van der Waals surface area contributed by atoms with E-state index in [1.807, 2.05) is 24.3 Å². The topological polar surface area (TPSA) is 51.3 Å². The van der Waals surface area contributed by atoms with Crippen molar-refractivity contribution in [1.29, 1.82) is 0 Å². The molecule has 0 bridgehead atoms. The molecule has 1 heterocycles. The summed E-state index contributed by atoms with van der Waals surface area (Å²) in [5, 5.41) is 7.20. The number of aromatic nitrogens is 2. The van der Waals surface area contributed by atoms with E-state index in [2.05, 4.69) is 27.4 Å². The molecule has 1 N–H and O–H groups in total. The number of nitrogens with zero attached hydrogens (tertiary/aromatic N) is 3. The van der Waals surface area contributed by atoms with Crippen LogP contribution in [0.15, 0.2) is 78.9 Å². The van der Waals surface area contributed by atoms with Crippen LogP contribution in [0.1, 0.15) is 58.9 Å². The molecule has 0 saturated heterocycles. The first-order valence-electron chi connectivity index (χ1n) is 12.2. The molecule has 6 heteroatoms. The van der Waals surface area contributed by atoms with E-state index < -0.39 is 11.7 Å². The Morgan fingerprint density at radius 3 is 2.64 bits per heavy atom. The number of rotatable bonds is 8. The highest BCUT2D eigenvalue weighted by atomic mass is 19.1. The molecule has 3 aromatic carbocycles. The van der Waals surface area contributed by atoms with Crippen molar-refractivity contribution in [2.24, 2.45) is 5.92 Å². The number of carbonyl (C=O) groups excluding carboxylic acids is 1. The number of benzene rings is 3. The van der Waals surface area contributed by atoms with E-state index in [0.29, 0.717) is 17.1 Å². The van der Waals surface area contributed by atoms with Gasteiger partial charge in [0.15, 0.2) is 5.69 Å². The van der Waals surface area contributed by atoms with Crippen LogP contribution < -0.4 is 5.32 Å². The van der Waals surface area contributed by atoms with Crippen molar-refractivity contribution >= 4 is 17.3 Å². The molecular formula is C30H27FN4O. The molecule has 0 aliphatic heterocycles. The first-order chi connectivity index (χ1) is 17.5. The minimum Gasteiger partial charge on any atom is -0.318 e. The van der Waals surface area contributed by atoms with E-state index in [1.54, 1.807) is 43.3 Å².